The van der Waals surface area contributed by atoms with E-state index in [0.29, 0.717) is 23.8 Å². The van der Waals surface area contributed by atoms with E-state index in [4.69, 9.17) is 21.7 Å². The molecule has 0 amide bonds. The van der Waals surface area contributed by atoms with Gasteiger partial charge in [0.1, 0.15) is 0 Å². The molecule has 19 heavy (non-hydrogen) atoms. The molecule has 4 heteroatoms. The van der Waals surface area contributed by atoms with Gasteiger partial charge in [0.15, 0.2) is 5.05 Å². The Morgan fingerprint density at radius 3 is 2.32 bits per heavy atom. The van der Waals surface area contributed by atoms with Gasteiger partial charge in [0.25, 0.3) is 0 Å². The van der Waals surface area contributed by atoms with Gasteiger partial charge in [-0.3, -0.25) is 0 Å². The third-order valence-electron chi connectivity index (χ3n) is 2.62. The first-order valence-corrected chi connectivity index (χ1v) is 6.99. The summed E-state index contributed by atoms with van der Waals surface area (Å²) in [6, 6.07) is 7.51. The van der Waals surface area contributed by atoms with Crippen molar-refractivity contribution in [3.63, 3.8) is 0 Å². The van der Waals surface area contributed by atoms with E-state index in [9.17, 15) is 4.79 Å². The Bertz CT molecular complexity index is 412. The molecule has 0 spiro atoms. The molecule has 0 aliphatic heterocycles. The zero-order chi connectivity index (χ0) is 14.1. The molecule has 3 nitrogen and oxygen atoms in total. The molecular formula is C15H20O3S. The number of thiocarbonyl (C=S) groups is 1. The summed E-state index contributed by atoms with van der Waals surface area (Å²) >= 11 is 5.07. The molecule has 0 aliphatic carbocycles. The third kappa shape index (κ3) is 5.83. The van der Waals surface area contributed by atoms with Crippen LogP contribution >= 0.6 is 12.2 Å². The number of carbonyl (C=O) groups excluding carboxylic acids is 1. The summed E-state index contributed by atoms with van der Waals surface area (Å²) in [7, 11) is 0. The molecule has 1 aromatic carbocycles. The number of benzene rings is 1. The number of hydrogen-bond acceptors (Lipinski definition) is 4. The highest BCUT2D eigenvalue weighted by atomic mass is 32.1. The summed E-state index contributed by atoms with van der Waals surface area (Å²) in [5, 5.41) is 0.672. The van der Waals surface area contributed by atoms with Crippen LogP contribution in [-0.4, -0.2) is 24.2 Å². The second-order valence-electron chi connectivity index (χ2n) is 4.08. The maximum absolute atomic E-state index is 11.5. The van der Waals surface area contributed by atoms with Gasteiger partial charge >= 0.3 is 5.97 Å². The van der Waals surface area contributed by atoms with Crippen molar-refractivity contribution in [2.24, 2.45) is 0 Å². The summed E-state index contributed by atoms with van der Waals surface area (Å²) in [5.41, 5.74) is 1.78. The highest BCUT2D eigenvalue weighted by molar-refractivity contribution is 7.80. The Hall–Kier alpha value is -1.42. The molecular weight excluding hydrogens is 260 g/mol. The molecule has 0 heterocycles. The van der Waals surface area contributed by atoms with Crippen molar-refractivity contribution in [3.8, 4) is 0 Å². The van der Waals surface area contributed by atoms with E-state index in [1.54, 1.807) is 19.1 Å². The minimum Gasteiger partial charge on any atom is -0.487 e. The lowest BCUT2D eigenvalue weighted by Gasteiger charge is -2.06. The first-order valence-electron chi connectivity index (χ1n) is 6.59. The number of hydrogen-bond donors (Lipinski definition) is 0. The van der Waals surface area contributed by atoms with Crippen LogP contribution in [-0.2, 0) is 15.9 Å². The standard InChI is InChI=1S/C15H20O3S/c1-3-17-14(19)7-5-6-12-8-10-13(11-9-12)15(16)18-4-2/h8-11H,3-7H2,1-2H3. The molecule has 1 aromatic rings. The highest BCUT2D eigenvalue weighted by Crippen LogP contribution is 2.10. The van der Waals surface area contributed by atoms with Crippen LogP contribution in [0.3, 0.4) is 0 Å². The van der Waals surface area contributed by atoms with E-state index >= 15 is 0 Å². The molecule has 104 valence electrons. The van der Waals surface area contributed by atoms with Gasteiger partial charge < -0.3 is 9.47 Å². The van der Waals surface area contributed by atoms with Crippen LogP contribution in [0.4, 0.5) is 0 Å². The monoisotopic (exact) mass is 280 g/mol. The predicted molar refractivity (Wildman–Crippen MR) is 79.6 cm³/mol. The predicted octanol–water partition coefficient (Wildman–Crippen LogP) is 3.55. The third-order valence-corrected chi connectivity index (χ3v) is 2.94. The molecule has 0 atom stereocenters. The van der Waals surface area contributed by atoms with E-state index in [-0.39, 0.29) is 5.97 Å². The Morgan fingerprint density at radius 1 is 1.11 bits per heavy atom. The SMILES string of the molecule is CCOC(=O)c1ccc(CCCC(=S)OCC)cc1. The number of aryl methyl sites for hydroxylation is 1. The van der Waals surface area contributed by atoms with E-state index < -0.39 is 0 Å². The fourth-order valence-electron chi connectivity index (χ4n) is 1.69. The van der Waals surface area contributed by atoms with Gasteiger partial charge in [-0.05, 0) is 56.6 Å². The fourth-order valence-corrected chi connectivity index (χ4v) is 1.95. The maximum Gasteiger partial charge on any atom is 0.338 e. The van der Waals surface area contributed by atoms with Gasteiger partial charge in [0.2, 0.25) is 0 Å². The number of rotatable bonds is 7. The minimum atomic E-state index is -0.272. The van der Waals surface area contributed by atoms with E-state index in [0.717, 1.165) is 19.3 Å². The average Bonchev–Trinajstić information content (AvgIpc) is 2.40. The molecule has 0 N–H and O–H groups in total. The van der Waals surface area contributed by atoms with Gasteiger partial charge in [0, 0.05) is 6.42 Å². The van der Waals surface area contributed by atoms with Gasteiger partial charge in [-0.1, -0.05) is 12.1 Å². The quantitative estimate of drug-likeness (QED) is 0.565. The lowest BCUT2D eigenvalue weighted by molar-refractivity contribution is 0.0526. The first-order chi connectivity index (χ1) is 9.17. The molecule has 0 radical (unpaired) electrons. The topological polar surface area (TPSA) is 35.5 Å². The first kappa shape index (κ1) is 15.6. The molecule has 0 aliphatic rings. The Kier molecular flexibility index (Phi) is 7.11. The van der Waals surface area contributed by atoms with Crippen molar-refractivity contribution >= 4 is 23.2 Å². The normalized spacial score (nSPS) is 10.0. The van der Waals surface area contributed by atoms with Crippen LogP contribution in [0.1, 0.15) is 42.6 Å². The molecule has 0 unspecified atom stereocenters. The maximum atomic E-state index is 11.5. The second kappa shape index (κ2) is 8.64. The lowest BCUT2D eigenvalue weighted by Crippen LogP contribution is -2.04. The zero-order valence-corrected chi connectivity index (χ0v) is 12.3. The summed E-state index contributed by atoms with van der Waals surface area (Å²) in [6.45, 7) is 4.76. The van der Waals surface area contributed by atoms with Crippen molar-refractivity contribution < 1.29 is 14.3 Å². The Morgan fingerprint density at radius 2 is 1.74 bits per heavy atom. The van der Waals surface area contributed by atoms with Crippen LogP contribution in [0.2, 0.25) is 0 Å². The van der Waals surface area contributed by atoms with Crippen molar-refractivity contribution in [1.29, 1.82) is 0 Å². The van der Waals surface area contributed by atoms with Gasteiger partial charge in [-0.2, -0.15) is 0 Å². The molecule has 1 rings (SSSR count). The molecule has 0 fully saturated rings. The average molecular weight is 280 g/mol. The van der Waals surface area contributed by atoms with Crippen molar-refractivity contribution in [2.75, 3.05) is 13.2 Å². The van der Waals surface area contributed by atoms with Gasteiger partial charge in [-0.15, -0.1) is 0 Å². The highest BCUT2D eigenvalue weighted by Gasteiger charge is 2.05. The van der Waals surface area contributed by atoms with Crippen LogP contribution in [0.5, 0.6) is 0 Å². The number of ether oxygens (including phenoxy) is 2. The molecule has 0 aromatic heterocycles. The fraction of sp³-hybridized carbons (Fsp3) is 0.467. The zero-order valence-electron chi connectivity index (χ0n) is 11.5. The second-order valence-corrected chi connectivity index (χ2v) is 4.53. The minimum absolute atomic E-state index is 0.272. The van der Waals surface area contributed by atoms with Crippen LogP contribution in [0, 0.1) is 0 Å². The smallest absolute Gasteiger partial charge is 0.338 e. The van der Waals surface area contributed by atoms with E-state index in [1.165, 1.54) is 5.56 Å². The van der Waals surface area contributed by atoms with E-state index in [1.807, 2.05) is 19.1 Å². The molecule has 0 bridgehead atoms. The van der Waals surface area contributed by atoms with Crippen molar-refractivity contribution in [3.05, 3.63) is 35.4 Å². The summed E-state index contributed by atoms with van der Waals surface area (Å²) in [4.78, 5) is 11.5. The van der Waals surface area contributed by atoms with E-state index in [2.05, 4.69) is 0 Å². The molecule has 0 saturated carbocycles. The Labute approximate surface area is 119 Å². The van der Waals surface area contributed by atoms with Crippen LogP contribution in [0.15, 0.2) is 24.3 Å². The number of esters is 1. The number of carbonyl (C=O) groups is 1. The summed E-state index contributed by atoms with van der Waals surface area (Å²) in [5.74, 6) is -0.272. The van der Waals surface area contributed by atoms with Gasteiger partial charge in [0.05, 0.1) is 18.8 Å². The van der Waals surface area contributed by atoms with Crippen LogP contribution in [0.25, 0.3) is 0 Å². The molecule has 0 saturated heterocycles. The summed E-state index contributed by atoms with van der Waals surface area (Å²) < 4.78 is 10.2. The van der Waals surface area contributed by atoms with Crippen LogP contribution < -0.4 is 0 Å². The van der Waals surface area contributed by atoms with Crippen molar-refractivity contribution in [2.45, 2.75) is 33.1 Å². The Balaban J connectivity index is 2.40. The van der Waals surface area contributed by atoms with Crippen molar-refractivity contribution in [1.82, 2.24) is 0 Å². The summed E-state index contributed by atoms with van der Waals surface area (Å²) in [6.07, 6.45) is 2.68. The lowest BCUT2D eigenvalue weighted by atomic mass is 10.1. The van der Waals surface area contributed by atoms with Gasteiger partial charge in [-0.25, -0.2) is 4.79 Å². The largest absolute Gasteiger partial charge is 0.487 e.